The van der Waals surface area contributed by atoms with Crippen LogP contribution >= 0.6 is 78.3 Å². The Hall–Kier alpha value is 0.717. The van der Waals surface area contributed by atoms with Gasteiger partial charge in [-0.15, -0.1) is 0 Å². The topological polar surface area (TPSA) is 55.7 Å². The molecule has 12 heteroatoms. The zero-order valence-corrected chi connectivity index (χ0v) is 20.3. The summed E-state index contributed by atoms with van der Waals surface area (Å²) in [6, 6.07) is 1.13. The first-order valence-corrected chi connectivity index (χ1v) is 13.5. The molecule has 0 unspecified atom stereocenters. The van der Waals surface area contributed by atoms with Gasteiger partial charge in [0.25, 0.3) is 0 Å². The van der Waals surface area contributed by atoms with Crippen molar-refractivity contribution in [1.29, 1.82) is 0 Å². The number of nitrogens with zero attached hydrogens (tertiary/aromatic N) is 3. The van der Waals surface area contributed by atoms with Crippen LogP contribution in [0.25, 0.3) is 0 Å². The number of rotatable bonds is 5. The Morgan fingerprint density at radius 1 is 1.08 bits per heavy atom. The number of hydrogen-bond donors (Lipinski definition) is 1. The second-order valence-electron chi connectivity index (χ2n) is 5.87. The van der Waals surface area contributed by atoms with E-state index in [9.17, 15) is 0 Å². The van der Waals surface area contributed by atoms with E-state index in [0.717, 1.165) is 12.7 Å². The van der Waals surface area contributed by atoms with Crippen LogP contribution in [0.2, 0.25) is 46.3 Å². The number of aromatic amines is 1. The number of nitrogens with one attached hydrogen (secondary N) is 1. The van der Waals surface area contributed by atoms with Crippen molar-refractivity contribution < 1.29 is 4.74 Å². The van der Waals surface area contributed by atoms with Crippen LogP contribution in [-0.2, 0) is 11.5 Å². The molecule has 0 aliphatic carbocycles. The van der Waals surface area contributed by atoms with Gasteiger partial charge in [0.1, 0.15) is 11.9 Å². The van der Waals surface area contributed by atoms with E-state index in [1.165, 1.54) is 0 Å². The summed E-state index contributed by atoms with van der Waals surface area (Å²) < 4.78 is 8.39. The summed E-state index contributed by atoms with van der Waals surface area (Å²) in [6.45, 7) is 8.06. The smallest absolute Gasteiger partial charge is 0.181 e. The minimum absolute atomic E-state index is 0.290. The molecule has 0 spiro atoms. The minimum Gasteiger partial charge on any atom is -0.361 e. The summed E-state index contributed by atoms with van der Waals surface area (Å²) in [5, 5.41) is 1.35. The van der Waals surface area contributed by atoms with Crippen molar-refractivity contribution in [2.45, 2.75) is 32.4 Å². The molecule has 0 aliphatic heterocycles. The largest absolute Gasteiger partial charge is 0.361 e. The van der Waals surface area contributed by atoms with Crippen LogP contribution in [0.4, 0.5) is 0 Å². The second kappa shape index (κ2) is 10.2. The first-order chi connectivity index (χ1) is 11.0. The van der Waals surface area contributed by atoms with Gasteiger partial charge < -0.3 is 9.72 Å². The van der Waals surface area contributed by atoms with E-state index >= 15 is 0 Å². The average molecular weight is 562 g/mol. The molecule has 0 aliphatic rings. The van der Waals surface area contributed by atoms with Crippen molar-refractivity contribution >= 4 is 86.3 Å². The first-order valence-electron chi connectivity index (χ1n) is 6.72. The van der Waals surface area contributed by atoms with Crippen molar-refractivity contribution in [2.75, 3.05) is 6.61 Å². The summed E-state index contributed by atoms with van der Waals surface area (Å²) in [7, 11) is -1.04. The molecule has 2 aromatic rings. The normalized spacial score (nSPS) is 11.4. The maximum atomic E-state index is 5.95. The van der Waals surface area contributed by atoms with Crippen LogP contribution in [0.1, 0.15) is 0 Å². The quantitative estimate of drug-likeness (QED) is 0.325. The molecule has 0 saturated carbocycles. The maximum Gasteiger partial charge on any atom is 0.181 e. The van der Waals surface area contributed by atoms with Crippen molar-refractivity contribution in [2.24, 2.45) is 0 Å². The zero-order valence-electron chi connectivity index (χ0n) is 13.1. The summed E-state index contributed by atoms with van der Waals surface area (Å²) in [5.41, 5.74) is 0. The van der Waals surface area contributed by atoms with Gasteiger partial charge in [-0.2, -0.15) is 0 Å². The highest BCUT2D eigenvalue weighted by Gasteiger charge is 2.14. The van der Waals surface area contributed by atoms with E-state index in [2.05, 4.69) is 66.5 Å². The highest BCUT2D eigenvalue weighted by Crippen LogP contribution is 2.25. The van der Waals surface area contributed by atoms with Crippen molar-refractivity contribution in [1.82, 2.24) is 19.5 Å². The Balaban J connectivity index is 0.000000300. The SMILES string of the molecule is C[Si](C)(C)CCOCn1c(Br)nc(Cl)c1Cl.Clc1nc(Br)[nH]c1Cl. The Morgan fingerprint density at radius 2 is 1.71 bits per heavy atom. The minimum atomic E-state index is -1.04. The van der Waals surface area contributed by atoms with Gasteiger partial charge in [0.2, 0.25) is 0 Å². The molecule has 1 N–H and O–H groups in total. The van der Waals surface area contributed by atoms with Crippen LogP contribution in [0, 0.1) is 0 Å². The van der Waals surface area contributed by atoms with Crippen molar-refractivity contribution in [3.05, 3.63) is 30.1 Å². The predicted molar refractivity (Wildman–Crippen MR) is 110 cm³/mol. The Bertz CT molecular complexity index is 655. The molecule has 0 amide bonds. The lowest BCUT2D eigenvalue weighted by atomic mass is 10.8. The summed E-state index contributed by atoms with van der Waals surface area (Å²) in [4.78, 5) is 10.3. The summed E-state index contributed by atoms with van der Waals surface area (Å²) >= 11 is 28.9. The third-order valence-corrected chi connectivity index (χ3v) is 6.70. The summed E-state index contributed by atoms with van der Waals surface area (Å²) in [6.07, 6.45) is 0. The lowest BCUT2D eigenvalue weighted by Gasteiger charge is -2.15. The summed E-state index contributed by atoms with van der Waals surface area (Å²) in [5.74, 6) is 0. The predicted octanol–water partition coefficient (Wildman–Crippen LogP) is 6.74. The number of imidazole rings is 2. The number of ether oxygens (including phenoxy) is 1. The molecule has 136 valence electrons. The Morgan fingerprint density at radius 3 is 2.04 bits per heavy atom. The molecular formula is C12H16Br2Cl4N4OSi. The molecule has 0 aromatic carbocycles. The lowest BCUT2D eigenvalue weighted by molar-refractivity contribution is 0.0858. The molecule has 0 radical (unpaired) electrons. The van der Waals surface area contributed by atoms with E-state index < -0.39 is 8.07 Å². The van der Waals surface area contributed by atoms with Crippen LogP contribution in [0.3, 0.4) is 0 Å². The van der Waals surface area contributed by atoms with Gasteiger partial charge in [-0.25, -0.2) is 9.97 Å². The number of halogens is 6. The van der Waals surface area contributed by atoms with Crippen LogP contribution in [0.5, 0.6) is 0 Å². The first kappa shape index (κ1) is 22.8. The van der Waals surface area contributed by atoms with Crippen molar-refractivity contribution in [3.63, 3.8) is 0 Å². The van der Waals surface area contributed by atoms with Gasteiger partial charge in [0, 0.05) is 14.7 Å². The Labute approximate surface area is 178 Å². The van der Waals surface area contributed by atoms with E-state index in [1.54, 1.807) is 4.57 Å². The lowest BCUT2D eigenvalue weighted by Crippen LogP contribution is -2.22. The molecule has 0 fully saturated rings. The van der Waals surface area contributed by atoms with Gasteiger partial charge in [-0.05, 0) is 37.9 Å². The van der Waals surface area contributed by atoms with E-state index in [4.69, 9.17) is 51.1 Å². The van der Waals surface area contributed by atoms with Gasteiger partial charge in [-0.3, -0.25) is 4.57 Å². The highest BCUT2D eigenvalue weighted by molar-refractivity contribution is 9.10. The Kier molecular flexibility index (Phi) is 9.63. The maximum absolute atomic E-state index is 5.95. The fourth-order valence-corrected chi connectivity index (χ4v) is 3.96. The van der Waals surface area contributed by atoms with Crippen molar-refractivity contribution in [3.8, 4) is 0 Å². The third-order valence-electron chi connectivity index (χ3n) is 2.63. The van der Waals surface area contributed by atoms with Crippen LogP contribution in [-0.4, -0.2) is 34.2 Å². The number of aromatic nitrogens is 4. The number of H-pyrrole nitrogens is 1. The zero-order chi connectivity index (χ0) is 18.5. The van der Waals surface area contributed by atoms with E-state index in [0.29, 0.717) is 36.8 Å². The number of hydrogen-bond acceptors (Lipinski definition) is 3. The molecule has 0 atom stereocenters. The van der Waals surface area contributed by atoms with Gasteiger partial charge in [-0.1, -0.05) is 66.0 Å². The molecule has 2 aromatic heterocycles. The van der Waals surface area contributed by atoms with E-state index in [1.807, 2.05) is 0 Å². The standard InChI is InChI=1S/C9H15BrCl2N2OSi.C3HBrCl2N2/c1-16(2,3)5-4-15-6-14-8(12)7(11)13-9(14)10;4-3-7-1(5)2(6)8-3/h4-6H2,1-3H3;(H,7,8). The van der Waals surface area contributed by atoms with E-state index in [-0.39, 0.29) is 0 Å². The van der Waals surface area contributed by atoms with Gasteiger partial charge in [0.15, 0.2) is 24.9 Å². The average Bonchev–Trinajstić information content (AvgIpc) is 2.85. The highest BCUT2D eigenvalue weighted by atomic mass is 79.9. The third kappa shape index (κ3) is 7.95. The molecule has 2 rings (SSSR count). The monoisotopic (exact) mass is 558 g/mol. The van der Waals surface area contributed by atoms with Crippen LogP contribution in [0.15, 0.2) is 9.47 Å². The molecular weight excluding hydrogens is 546 g/mol. The fraction of sp³-hybridized carbons (Fsp3) is 0.500. The molecule has 0 bridgehead atoms. The fourth-order valence-electron chi connectivity index (χ4n) is 1.33. The molecule has 5 nitrogen and oxygen atoms in total. The second-order valence-corrected chi connectivity index (χ2v) is 14.4. The van der Waals surface area contributed by atoms with Crippen LogP contribution < -0.4 is 0 Å². The molecule has 24 heavy (non-hydrogen) atoms. The van der Waals surface area contributed by atoms with Gasteiger partial charge >= 0.3 is 0 Å². The molecule has 2 heterocycles. The van der Waals surface area contributed by atoms with Gasteiger partial charge in [0.05, 0.1) is 0 Å². The molecule has 0 saturated heterocycles.